The van der Waals surface area contributed by atoms with Gasteiger partial charge in [-0.3, -0.25) is 0 Å². The summed E-state index contributed by atoms with van der Waals surface area (Å²) in [6.45, 7) is 2.03. The van der Waals surface area contributed by atoms with E-state index >= 15 is 0 Å². The van der Waals surface area contributed by atoms with E-state index in [1.807, 2.05) is 48.5 Å². The van der Waals surface area contributed by atoms with Crippen molar-refractivity contribution in [3.05, 3.63) is 82.1 Å². The highest BCUT2D eigenvalue weighted by molar-refractivity contribution is 6.33. The van der Waals surface area contributed by atoms with Crippen molar-refractivity contribution in [2.75, 3.05) is 14.2 Å². The highest BCUT2D eigenvalue weighted by Gasteiger charge is 2.47. The molecule has 0 radical (unpaired) electrons. The zero-order valence-corrected chi connectivity index (χ0v) is 19.4. The number of hydrogen-bond donors (Lipinski definition) is 1. The van der Waals surface area contributed by atoms with Crippen LogP contribution in [-0.4, -0.2) is 36.3 Å². The van der Waals surface area contributed by atoms with E-state index in [1.54, 1.807) is 21.1 Å². The molecule has 0 saturated heterocycles. The first-order valence-electron chi connectivity index (χ1n) is 9.80. The van der Waals surface area contributed by atoms with Crippen LogP contribution in [0.15, 0.2) is 71.0 Å². The maximum absolute atomic E-state index is 11.7. The molecule has 1 aliphatic carbocycles. The van der Waals surface area contributed by atoms with E-state index in [-0.39, 0.29) is 29.6 Å². The van der Waals surface area contributed by atoms with Crippen LogP contribution in [-0.2, 0) is 27.5 Å². The van der Waals surface area contributed by atoms with Crippen LogP contribution in [0.2, 0.25) is 0 Å². The maximum Gasteiger partial charge on any atom is 0.333 e. The van der Waals surface area contributed by atoms with Crippen molar-refractivity contribution in [1.29, 1.82) is 0 Å². The van der Waals surface area contributed by atoms with Crippen LogP contribution in [0.25, 0.3) is 0 Å². The first-order valence-corrected chi connectivity index (χ1v) is 10.6. The lowest BCUT2D eigenvalue weighted by Gasteiger charge is -2.39. The van der Waals surface area contributed by atoms with Gasteiger partial charge < -0.3 is 24.1 Å². The van der Waals surface area contributed by atoms with Crippen LogP contribution in [0.5, 0.6) is 11.5 Å². The standard InChI is InChI=1S/C24H24Cl2O6/c1-24(32-14-16-6-10-18(30-3)11-7-16)21(26)19(23(27)28)12-20(25)22(24)31-13-15-4-8-17(29-2)9-5-15/h4-12,21H,13-14H2,1-3H3,(H,27,28). The molecule has 1 N–H and O–H groups in total. The molecule has 170 valence electrons. The van der Waals surface area contributed by atoms with E-state index in [0.717, 1.165) is 22.6 Å². The van der Waals surface area contributed by atoms with Gasteiger partial charge in [-0.25, -0.2) is 4.79 Å². The number of halogens is 2. The molecule has 3 rings (SSSR count). The summed E-state index contributed by atoms with van der Waals surface area (Å²) in [7, 11) is 3.18. The summed E-state index contributed by atoms with van der Waals surface area (Å²) in [5.41, 5.74) is 0.353. The third kappa shape index (κ3) is 5.21. The smallest absolute Gasteiger partial charge is 0.333 e. The Morgan fingerprint density at radius 3 is 1.94 bits per heavy atom. The lowest BCUT2D eigenvalue weighted by atomic mass is 9.88. The largest absolute Gasteiger partial charge is 0.497 e. The minimum absolute atomic E-state index is 0.0642. The number of allylic oxidation sites excluding steroid dienone is 2. The number of carboxylic acids is 1. The summed E-state index contributed by atoms with van der Waals surface area (Å²) >= 11 is 13.0. The average molecular weight is 479 g/mol. The Balaban J connectivity index is 1.85. The number of benzene rings is 2. The number of alkyl halides is 1. The fraction of sp³-hybridized carbons (Fsp3) is 0.292. The normalized spacial score (nSPS) is 20.5. The summed E-state index contributed by atoms with van der Waals surface area (Å²) in [4.78, 5) is 11.7. The van der Waals surface area contributed by atoms with Gasteiger partial charge in [-0.2, -0.15) is 0 Å². The molecule has 2 aromatic carbocycles. The molecular formula is C24H24Cl2O6. The highest BCUT2D eigenvalue weighted by Crippen LogP contribution is 2.42. The van der Waals surface area contributed by atoms with Gasteiger partial charge in [0.1, 0.15) is 34.8 Å². The van der Waals surface area contributed by atoms with Gasteiger partial charge in [0.25, 0.3) is 0 Å². The van der Waals surface area contributed by atoms with Gasteiger partial charge in [-0.1, -0.05) is 35.9 Å². The molecule has 0 spiro atoms. The predicted molar refractivity (Wildman–Crippen MR) is 122 cm³/mol. The quantitative estimate of drug-likeness (QED) is 0.494. The topological polar surface area (TPSA) is 74.2 Å². The third-order valence-corrected chi connectivity index (χ3v) is 6.13. The number of methoxy groups -OCH3 is 2. The van der Waals surface area contributed by atoms with Gasteiger partial charge in [-0.05, 0) is 48.4 Å². The highest BCUT2D eigenvalue weighted by atomic mass is 35.5. The lowest BCUT2D eigenvalue weighted by molar-refractivity contribution is -0.134. The van der Waals surface area contributed by atoms with E-state index in [4.69, 9.17) is 42.1 Å². The molecule has 32 heavy (non-hydrogen) atoms. The Bertz CT molecular complexity index is 1010. The van der Waals surface area contributed by atoms with Crippen molar-refractivity contribution in [3.8, 4) is 11.5 Å². The van der Waals surface area contributed by atoms with E-state index in [0.29, 0.717) is 0 Å². The van der Waals surface area contributed by atoms with Crippen LogP contribution in [0, 0.1) is 0 Å². The van der Waals surface area contributed by atoms with E-state index in [2.05, 4.69) is 0 Å². The number of carboxylic acid groups (broad SMARTS) is 1. The molecule has 2 unspecified atom stereocenters. The predicted octanol–water partition coefficient (Wildman–Crippen LogP) is 5.28. The van der Waals surface area contributed by atoms with E-state index in [9.17, 15) is 9.90 Å². The van der Waals surface area contributed by atoms with Crippen molar-refractivity contribution in [2.24, 2.45) is 0 Å². The maximum atomic E-state index is 11.7. The Labute approximate surface area is 196 Å². The third-order valence-electron chi connectivity index (χ3n) is 5.19. The second-order valence-electron chi connectivity index (χ2n) is 7.32. The second kappa shape index (κ2) is 10.3. The van der Waals surface area contributed by atoms with E-state index in [1.165, 1.54) is 6.08 Å². The molecule has 0 bridgehead atoms. The molecule has 6 nitrogen and oxygen atoms in total. The van der Waals surface area contributed by atoms with Gasteiger partial charge in [0.15, 0.2) is 0 Å². The number of carbonyl (C=O) groups is 1. The van der Waals surface area contributed by atoms with Crippen LogP contribution < -0.4 is 9.47 Å². The lowest BCUT2D eigenvalue weighted by Crippen LogP contribution is -2.46. The van der Waals surface area contributed by atoms with Crippen LogP contribution in [0.4, 0.5) is 0 Å². The monoisotopic (exact) mass is 478 g/mol. The summed E-state index contributed by atoms with van der Waals surface area (Å²) in [5.74, 6) is 0.548. The molecule has 2 atom stereocenters. The minimum atomic E-state index is -1.31. The molecule has 0 heterocycles. The summed E-state index contributed by atoms with van der Waals surface area (Å²) in [6, 6.07) is 14.7. The summed E-state index contributed by atoms with van der Waals surface area (Å²) in [5, 5.41) is 8.70. The first kappa shape index (κ1) is 24.0. The van der Waals surface area contributed by atoms with E-state index < -0.39 is 16.9 Å². The molecule has 1 aliphatic rings. The molecule has 0 aliphatic heterocycles. The van der Waals surface area contributed by atoms with Crippen molar-refractivity contribution < 1.29 is 28.8 Å². The number of ether oxygens (including phenoxy) is 4. The summed E-state index contributed by atoms with van der Waals surface area (Å²) in [6.07, 6.45) is 1.31. The van der Waals surface area contributed by atoms with Gasteiger partial charge in [0.2, 0.25) is 0 Å². The fourth-order valence-electron chi connectivity index (χ4n) is 3.28. The Morgan fingerprint density at radius 2 is 1.47 bits per heavy atom. The van der Waals surface area contributed by atoms with Gasteiger partial charge in [-0.15, -0.1) is 11.6 Å². The molecule has 8 heteroatoms. The molecule has 0 saturated carbocycles. The second-order valence-corrected chi connectivity index (χ2v) is 8.17. The zero-order valence-electron chi connectivity index (χ0n) is 17.9. The van der Waals surface area contributed by atoms with Gasteiger partial charge in [0.05, 0.1) is 31.4 Å². The molecular weight excluding hydrogens is 455 g/mol. The minimum Gasteiger partial charge on any atom is -0.497 e. The van der Waals surface area contributed by atoms with Crippen LogP contribution in [0.3, 0.4) is 0 Å². The van der Waals surface area contributed by atoms with Crippen LogP contribution >= 0.6 is 23.2 Å². The molecule has 0 fully saturated rings. The number of aliphatic carboxylic acids is 1. The zero-order chi connectivity index (χ0) is 23.3. The Kier molecular flexibility index (Phi) is 7.72. The van der Waals surface area contributed by atoms with Crippen molar-refractivity contribution in [2.45, 2.75) is 31.1 Å². The van der Waals surface area contributed by atoms with Crippen molar-refractivity contribution in [3.63, 3.8) is 0 Å². The fourth-order valence-corrected chi connectivity index (χ4v) is 3.96. The Hall–Kier alpha value is -2.67. The first-order chi connectivity index (χ1) is 15.3. The molecule has 0 aromatic heterocycles. The van der Waals surface area contributed by atoms with Gasteiger partial charge >= 0.3 is 5.97 Å². The average Bonchev–Trinajstić information content (AvgIpc) is 2.80. The SMILES string of the molecule is COc1ccc(COC2=C(Cl)C=C(C(=O)O)C(Cl)C2(C)OCc2ccc(OC)cc2)cc1. The molecule has 2 aromatic rings. The van der Waals surface area contributed by atoms with Gasteiger partial charge in [0, 0.05) is 0 Å². The van der Waals surface area contributed by atoms with Crippen molar-refractivity contribution >= 4 is 29.2 Å². The molecule has 0 amide bonds. The van der Waals surface area contributed by atoms with Crippen LogP contribution in [0.1, 0.15) is 18.1 Å². The summed E-state index contributed by atoms with van der Waals surface area (Å²) < 4.78 is 22.5. The number of rotatable bonds is 9. The Morgan fingerprint density at radius 1 is 0.969 bits per heavy atom. The van der Waals surface area contributed by atoms with Crippen molar-refractivity contribution in [1.82, 2.24) is 0 Å². The number of hydrogen-bond acceptors (Lipinski definition) is 5.